The number of nitrogens with one attached hydrogen (secondary N) is 2. The second kappa shape index (κ2) is 6.36. The number of benzene rings is 1. The number of hydrogen-bond acceptors (Lipinski definition) is 3. The highest BCUT2D eigenvalue weighted by Crippen LogP contribution is 2.23. The van der Waals surface area contributed by atoms with E-state index in [1.165, 1.54) is 18.3 Å². The van der Waals surface area contributed by atoms with Crippen molar-refractivity contribution in [1.29, 1.82) is 0 Å². The normalized spacial score (nSPS) is 9.90. The lowest BCUT2D eigenvalue weighted by molar-refractivity contribution is 0.0967. The van der Waals surface area contributed by atoms with E-state index < -0.39 is 11.9 Å². The quantitative estimate of drug-likeness (QED) is 0.893. The zero-order valence-corrected chi connectivity index (χ0v) is 11.6. The van der Waals surface area contributed by atoms with Crippen molar-refractivity contribution in [2.24, 2.45) is 0 Å². The Labute approximate surface area is 124 Å². The molecule has 1 aromatic carbocycles. The average molecular weight is 310 g/mol. The maximum Gasteiger partial charge on any atom is 0.327 e. The van der Waals surface area contributed by atoms with Gasteiger partial charge in [0.2, 0.25) is 0 Å². The van der Waals surface area contributed by atoms with E-state index >= 15 is 0 Å². The molecule has 5 nitrogen and oxygen atoms in total. The minimum Gasteiger partial charge on any atom is -0.292 e. The van der Waals surface area contributed by atoms with Crippen LogP contribution in [0.25, 0.3) is 0 Å². The van der Waals surface area contributed by atoms with Crippen molar-refractivity contribution in [3.8, 4) is 0 Å². The molecule has 0 bridgehead atoms. The fourth-order valence-corrected chi connectivity index (χ4v) is 2.03. The molecule has 0 aliphatic rings. The molecule has 0 fully saturated rings. The summed E-state index contributed by atoms with van der Waals surface area (Å²) in [6.07, 6.45) is 1.52. The van der Waals surface area contributed by atoms with Crippen molar-refractivity contribution in [2.75, 3.05) is 5.32 Å². The van der Waals surface area contributed by atoms with Crippen LogP contribution in [0.5, 0.6) is 0 Å². The molecule has 0 spiro atoms. The lowest BCUT2D eigenvalue weighted by Crippen LogP contribution is -2.34. The van der Waals surface area contributed by atoms with Crippen LogP contribution in [0.2, 0.25) is 10.0 Å². The first kappa shape index (κ1) is 14.3. The van der Waals surface area contributed by atoms with Crippen LogP contribution in [0.4, 0.5) is 10.6 Å². The number of rotatable bonds is 2. The Kier molecular flexibility index (Phi) is 4.55. The summed E-state index contributed by atoms with van der Waals surface area (Å²) < 4.78 is 0. The third-order valence-electron chi connectivity index (χ3n) is 2.32. The molecule has 2 aromatic rings. The summed E-state index contributed by atoms with van der Waals surface area (Å²) >= 11 is 11.8. The summed E-state index contributed by atoms with van der Waals surface area (Å²) in [6.45, 7) is 0. The lowest BCUT2D eigenvalue weighted by Gasteiger charge is -2.08. The fraction of sp³-hybridized carbons (Fsp3) is 0. The zero-order chi connectivity index (χ0) is 14.5. The van der Waals surface area contributed by atoms with Gasteiger partial charge in [-0.2, -0.15) is 0 Å². The predicted octanol–water partition coefficient (Wildman–Crippen LogP) is 3.35. The van der Waals surface area contributed by atoms with Gasteiger partial charge in [-0.3, -0.25) is 15.4 Å². The van der Waals surface area contributed by atoms with Gasteiger partial charge in [-0.15, -0.1) is 0 Å². The average Bonchev–Trinajstić information content (AvgIpc) is 2.39. The summed E-state index contributed by atoms with van der Waals surface area (Å²) in [5.41, 5.74) is 0.0482. The number of imide groups is 1. The highest BCUT2D eigenvalue weighted by atomic mass is 35.5. The van der Waals surface area contributed by atoms with E-state index in [1.807, 2.05) is 0 Å². The van der Waals surface area contributed by atoms with E-state index in [-0.39, 0.29) is 15.6 Å². The summed E-state index contributed by atoms with van der Waals surface area (Å²) in [6, 6.07) is 8.91. The Morgan fingerprint density at radius 3 is 2.30 bits per heavy atom. The lowest BCUT2D eigenvalue weighted by atomic mass is 10.2. The maximum atomic E-state index is 11.9. The van der Waals surface area contributed by atoms with E-state index in [9.17, 15) is 9.59 Å². The third kappa shape index (κ3) is 3.46. The first-order chi connectivity index (χ1) is 9.58. The van der Waals surface area contributed by atoms with Crippen molar-refractivity contribution in [1.82, 2.24) is 10.3 Å². The highest BCUT2D eigenvalue weighted by Gasteiger charge is 2.17. The number of nitrogens with zero attached hydrogens (tertiary/aromatic N) is 1. The number of hydrogen-bond donors (Lipinski definition) is 2. The second-order valence-corrected chi connectivity index (χ2v) is 4.53. The second-order valence-electron chi connectivity index (χ2n) is 3.72. The van der Waals surface area contributed by atoms with E-state index in [1.54, 1.807) is 24.3 Å². The Balaban J connectivity index is 2.07. The van der Waals surface area contributed by atoms with Crippen LogP contribution >= 0.6 is 23.2 Å². The van der Waals surface area contributed by atoms with Crippen molar-refractivity contribution < 1.29 is 9.59 Å². The van der Waals surface area contributed by atoms with E-state index in [4.69, 9.17) is 23.2 Å². The Bertz CT molecular complexity index is 627. The van der Waals surface area contributed by atoms with Gasteiger partial charge in [0, 0.05) is 6.20 Å². The van der Waals surface area contributed by atoms with E-state index in [0.29, 0.717) is 5.82 Å². The van der Waals surface area contributed by atoms with Crippen LogP contribution in [0.3, 0.4) is 0 Å². The number of carbonyl (C=O) groups is 2. The number of amides is 3. The topological polar surface area (TPSA) is 71.1 Å². The molecule has 1 aromatic heterocycles. The molecule has 0 radical (unpaired) electrons. The Hall–Kier alpha value is -2.11. The number of urea groups is 1. The van der Waals surface area contributed by atoms with Gasteiger partial charge in [0.25, 0.3) is 5.91 Å². The molecule has 0 aliphatic heterocycles. The molecular weight excluding hydrogens is 301 g/mol. The molecule has 3 amide bonds. The van der Waals surface area contributed by atoms with Crippen LogP contribution in [0.15, 0.2) is 42.6 Å². The van der Waals surface area contributed by atoms with E-state index in [0.717, 1.165) is 0 Å². The maximum absolute atomic E-state index is 11.9. The van der Waals surface area contributed by atoms with Gasteiger partial charge in [-0.25, -0.2) is 9.78 Å². The zero-order valence-electron chi connectivity index (χ0n) is 10.1. The SMILES string of the molecule is O=C(NC(=O)c1c(Cl)cccc1Cl)Nc1ccccn1. The van der Waals surface area contributed by atoms with Gasteiger partial charge in [-0.05, 0) is 24.3 Å². The first-order valence-electron chi connectivity index (χ1n) is 5.55. The molecule has 0 aliphatic carbocycles. The van der Waals surface area contributed by atoms with Crippen LogP contribution in [-0.2, 0) is 0 Å². The Morgan fingerprint density at radius 2 is 1.70 bits per heavy atom. The largest absolute Gasteiger partial charge is 0.327 e. The molecular formula is C13H9Cl2N3O2. The van der Waals surface area contributed by atoms with Crippen molar-refractivity contribution >= 4 is 41.0 Å². The van der Waals surface area contributed by atoms with Crippen molar-refractivity contribution in [3.63, 3.8) is 0 Å². The summed E-state index contributed by atoms with van der Waals surface area (Å²) in [7, 11) is 0. The molecule has 0 saturated carbocycles. The number of carbonyl (C=O) groups excluding carboxylic acids is 2. The monoisotopic (exact) mass is 309 g/mol. The van der Waals surface area contributed by atoms with Crippen molar-refractivity contribution in [3.05, 3.63) is 58.2 Å². The summed E-state index contributed by atoms with van der Waals surface area (Å²) in [5, 5.41) is 4.88. The minimum atomic E-state index is -0.718. The fourth-order valence-electron chi connectivity index (χ4n) is 1.46. The number of halogens is 2. The summed E-state index contributed by atoms with van der Waals surface area (Å²) in [5.74, 6) is -0.364. The molecule has 20 heavy (non-hydrogen) atoms. The molecule has 1 heterocycles. The van der Waals surface area contributed by atoms with Gasteiger partial charge >= 0.3 is 6.03 Å². The molecule has 0 saturated heterocycles. The number of anilines is 1. The van der Waals surface area contributed by atoms with Crippen LogP contribution in [0, 0.1) is 0 Å². The highest BCUT2D eigenvalue weighted by molar-refractivity contribution is 6.40. The van der Waals surface area contributed by atoms with Gasteiger partial charge in [-0.1, -0.05) is 35.3 Å². The molecule has 0 unspecified atom stereocenters. The van der Waals surface area contributed by atoms with Gasteiger partial charge in [0.05, 0.1) is 15.6 Å². The van der Waals surface area contributed by atoms with E-state index in [2.05, 4.69) is 15.6 Å². The molecule has 7 heteroatoms. The number of pyridine rings is 1. The van der Waals surface area contributed by atoms with Gasteiger partial charge in [0.1, 0.15) is 5.82 Å². The van der Waals surface area contributed by atoms with Gasteiger partial charge in [0.15, 0.2) is 0 Å². The van der Waals surface area contributed by atoms with Crippen LogP contribution in [-0.4, -0.2) is 16.9 Å². The summed E-state index contributed by atoms with van der Waals surface area (Å²) in [4.78, 5) is 27.5. The van der Waals surface area contributed by atoms with Crippen LogP contribution < -0.4 is 10.6 Å². The third-order valence-corrected chi connectivity index (χ3v) is 2.95. The smallest absolute Gasteiger partial charge is 0.292 e. The first-order valence-corrected chi connectivity index (χ1v) is 6.31. The van der Waals surface area contributed by atoms with Crippen molar-refractivity contribution in [2.45, 2.75) is 0 Å². The molecule has 0 atom stereocenters. The predicted molar refractivity (Wildman–Crippen MR) is 77.2 cm³/mol. The molecule has 2 rings (SSSR count). The molecule has 2 N–H and O–H groups in total. The van der Waals surface area contributed by atoms with Crippen LogP contribution in [0.1, 0.15) is 10.4 Å². The number of aromatic nitrogens is 1. The standard InChI is InChI=1S/C13H9Cl2N3O2/c14-8-4-3-5-9(15)11(8)12(19)18-13(20)17-10-6-1-2-7-16-10/h1-7H,(H2,16,17,18,19,20). The minimum absolute atomic E-state index is 0.0482. The molecule has 102 valence electrons. The van der Waals surface area contributed by atoms with Gasteiger partial charge < -0.3 is 0 Å². The Morgan fingerprint density at radius 1 is 1.00 bits per heavy atom.